The van der Waals surface area contributed by atoms with E-state index in [9.17, 15) is 13.2 Å². The molecular weight excluding hydrogens is 308 g/mol. The van der Waals surface area contributed by atoms with Crippen LogP contribution in [0.4, 0.5) is 0 Å². The molecule has 0 saturated heterocycles. The number of thiophene rings is 1. The number of benzene rings is 1. The lowest BCUT2D eigenvalue weighted by Gasteiger charge is -2.16. The zero-order valence-electron chi connectivity index (χ0n) is 11.7. The lowest BCUT2D eigenvalue weighted by atomic mass is 10.2. The minimum atomic E-state index is -3.59. The largest absolute Gasteiger partial charge is 0.354 e. The van der Waals surface area contributed by atoms with Crippen molar-refractivity contribution < 1.29 is 13.2 Å². The summed E-state index contributed by atoms with van der Waals surface area (Å²) in [5.41, 5.74) is 0.908. The van der Waals surface area contributed by atoms with Crippen LogP contribution in [0.2, 0.25) is 0 Å². The van der Waals surface area contributed by atoms with E-state index in [-0.39, 0.29) is 17.3 Å². The van der Waals surface area contributed by atoms with Crippen LogP contribution in [-0.4, -0.2) is 32.7 Å². The van der Waals surface area contributed by atoms with Crippen LogP contribution in [-0.2, 0) is 16.6 Å². The van der Waals surface area contributed by atoms with Crippen LogP contribution in [0.15, 0.2) is 46.7 Å². The highest BCUT2D eigenvalue weighted by atomic mass is 32.2. The number of sulfonamides is 1. The average Bonchev–Trinajstić information content (AvgIpc) is 2.98. The number of nitrogens with one attached hydrogen (secondary N) is 1. The van der Waals surface area contributed by atoms with Crippen molar-refractivity contribution >= 4 is 27.3 Å². The van der Waals surface area contributed by atoms with E-state index in [0.29, 0.717) is 4.88 Å². The van der Waals surface area contributed by atoms with E-state index in [1.165, 1.54) is 29.8 Å². The van der Waals surface area contributed by atoms with Crippen molar-refractivity contribution in [3.63, 3.8) is 0 Å². The van der Waals surface area contributed by atoms with E-state index in [4.69, 9.17) is 0 Å². The van der Waals surface area contributed by atoms with Gasteiger partial charge in [-0.3, -0.25) is 4.79 Å². The fourth-order valence-corrected chi connectivity index (χ4v) is 4.17. The molecule has 21 heavy (non-hydrogen) atoms. The second-order valence-electron chi connectivity index (χ2n) is 4.47. The van der Waals surface area contributed by atoms with E-state index < -0.39 is 10.0 Å². The van der Waals surface area contributed by atoms with E-state index in [0.717, 1.165) is 16.9 Å². The average molecular weight is 324 g/mol. The highest BCUT2D eigenvalue weighted by Crippen LogP contribution is 2.23. The van der Waals surface area contributed by atoms with Gasteiger partial charge in [-0.15, -0.1) is 11.3 Å². The van der Waals surface area contributed by atoms with Crippen LogP contribution in [0.5, 0.6) is 0 Å². The molecule has 5 nitrogen and oxygen atoms in total. The van der Waals surface area contributed by atoms with Gasteiger partial charge in [0.1, 0.15) is 0 Å². The quantitative estimate of drug-likeness (QED) is 0.914. The molecule has 0 spiro atoms. The molecule has 0 unspecified atom stereocenters. The number of amides is 1. The summed E-state index contributed by atoms with van der Waals surface area (Å²) in [6.07, 6.45) is 0. The topological polar surface area (TPSA) is 66.5 Å². The highest BCUT2D eigenvalue weighted by molar-refractivity contribution is 7.89. The molecule has 0 saturated carbocycles. The minimum Gasteiger partial charge on any atom is -0.354 e. The Kier molecular flexibility index (Phi) is 4.76. The normalized spacial score (nSPS) is 11.6. The minimum absolute atomic E-state index is 0.143. The first kappa shape index (κ1) is 15.7. The van der Waals surface area contributed by atoms with Gasteiger partial charge in [-0.25, -0.2) is 8.42 Å². The van der Waals surface area contributed by atoms with Crippen molar-refractivity contribution in [2.24, 2.45) is 0 Å². The van der Waals surface area contributed by atoms with E-state index >= 15 is 0 Å². The Morgan fingerprint density at radius 2 is 1.95 bits per heavy atom. The predicted octanol–water partition coefficient (Wildman–Crippen LogP) is 1.93. The molecule has 2 rings (SSSR count). The molecule has 1 aromatic heterocycles. The van der Waals surface area contributed by atoms with Crippen molar-refractivity contribution in [3.8, 4) is 0 Å². The summed E-state index contributed by atoms with van der Waals surface area (Å²) in [5, 5.41) is 3.97. The van der Waals surface area contributed by atoms with Gasteiger partial charge in [-0.05, 0) is 11.6 Å². The fourth-order valence-electron chi connectivity index (χ4n) is 1.80. The SMILES string of the molecule is CNC(=O)c1cc(S(=O)(=O)N(C)Cc2ccccc2)cs1. The second kappa shape index (κ2) is 6.38. The van der Waals surface area contributed by atoms with Gasteiger partial charge < -0.3 is 5.32 Å². The van der Waals surface area contributed by atoms with E-state index in [1.807, 2.05) is 30.3 Å². The molecule has 112 valence electrons. The smallest absolute Gasteiger partial charge is 0.261 e. The first-order valence-electron chi connectivity index (χ1n) is 6.26. The van der Waals surface area contributed by atoms with Crippen LogP contribution >= 0.6 is 11.3 Å². The van der Waals surface area contributed by atoms with Crippen molar-refractivity contribution in [1.82, 2.24) is 9.62 Å². The Hall–Kier alpha value is -1.70. The third kappa shape index (κ3) is 3.49. The summed E-state index contributed by atoms with van der Waals surface area (Å²) in [5.74, 6) is -0.285. The summed E-state index contributed by atoms with van der Waals surface area (Å²) >= 11 is 1.11. The standard InChI is InChI=1S/C14H16N2O3S2/c1-15-14(17)13-8-12(10-20-13)21(18,19)16(2)9-11-6-4-3-5-7-11/h3-8,10H,9H2,1-2H3,(H,15,17). The maximum absolute atomic E-state index is 12.5. The lowest BCUT2D eigenvalue weighted by molar-refractivity contribution is 0.0967. The fraction of sp³-hybridized carbons (Fsp3) is 0.214. The van der Waals surface area contributed by atoms with Gasteiger partial charge in [-0.2, -0.15) is 4.31 Å². The molecule has 0 radical (unpaired) electrons. The number of hydrogen-bond acceptors (Lipinski definition) is 4. The molecule has 0 aliphatic rings. The van der Waals surface area contributed by atoms with Gasteiger partial charge in [0, 0.05) is 26.0 Å². The predicted molar refractivity (Wildman–Crippen MR) is 82.8 cm³/mol. The van der Waals surface area contributed by atoms with Crippen LogP contribution in [0.3, 0.4) is 0 Å². The molecular formula is C14H16N2O3S2. The second-order valence-corrected chi connectivity index (χ2v) is 7.43. The third-order valence-electron chi connectivity index (χ3n) is 2.98. The number of hydrogen-bond donors (Lipinski definition) is 1. The molecule has 1 amide bonds. The van der Waals surface area contributed by atoms with Gasteiger partial charge in [-0.1, -0.05) is 30.3 Å². The van der Waals surface area contributed by atoms with Crippen LogP contribution in [0.1, 0.15) is 15.2 Å². The van der Waals surface area contributed by atoms with Gasteiger partial charge >= 0.3 is 0 Å². The molecule has 1 N–H and O–H groups in total. The maximum atomic E-state index is 12.5. The van der Waals surface area contributed by atoms with Crippen molar-refractivity contribution in [2.75, 3.05) is 14.1 Å². The summed E-state index contributed by atoms with van der Waals surface area (Å²) < 4.78 is 26.2. The number of carbonyl (C=O) groups excluding carboxylic acids is 1. The molecule has 0 aliphatic heterocycles. The van der Waals surface area contributed by atoms with Crippen molar-refractivity contribution in [1.29, 1.82) is 0 Å². The molecule has 0 fully saturated rings. The molecule has 2 aromatic rings. The first-order valence-corrected chi connectivity index (χ1v) is 8.58. The molecule has 1 aromatic carbocycles. The maximum Gasteiger partial charge on any atom is 0.261 e. The van der Waals surface area contributed by atoms with Crippen molar-refractivity contribution in [3.05, 3.63) is 52.2 Å². The zero-order valence-corrected chi connectivity index (χ0v) is 13.4. The zero-order chi connectivity index (χ0) is 15.5. The Balaban J connectivity index is 2.21. The molecule has 0 aliphatic carbocycles. The van der Waals surface area contributed by atoms with Crippen LogP contribution in [0.25, 0.3) is 0 Å². The van der Waals surface area contributed by atoms with E-state index in [1.54, 1.807) is 0 Å². The summed E-state index contributed by atoms with van der Waals surface area (Å²) in [7, 11) is -0.555. The van der Waals surface area contributed by atoms with Crippen LogP contribution < -0.4 is 5.32 Å². The van der Waals surface area contributed by atoms with E-state index in [2.05, 4.69) is 5.32 Å². The molecule has 0 atom stereocenters. The summed E-state index contributed by atoms with van der Waals surface area (Å²) in [6.45, 7) is 0.286. The molecule has 1 heterocycles. The van der Waals surface area contributed by atoms with Gasteiger partial charge in [0.05, 0.1) is 9.77 Å². The van der Waals surface area contributed by atoms with Gasteiger partial charge in [0.25, 0.3) is 5.91 Å². The Morgan fingerprint density at radius 3 is 2.57 bits per heavy atom. The Morgan fingerprint density at radius 1 is 1.29 bits per heavy atom. The monoisotopic (exact) mass is 324 g/mol. The lowest BCUT2D eigenvalue weighted by Crippen LogP contribution is -2.26. The van der Waals surface area contributed by atoms with Crippen LogP contribution in [0, 0.1) is 0 Å². The number of carbonyl (C=O) groups is 1. The number of rotatable bonds is 5. The number of nitrogens with zero attached hydrogens (tertiary/aromatic N) is 1. The highest BCUT2D eigenvalue weighted by Gasteiger charge is 2.23. The summed E-state index contributed by atoms with van der Waals surface area (Å²) in [6, 6.07) is 10.8. The Bertz CT molecular complexity index is 724. The molecule has 7 heteroatoms. The summed E-state index contributed by atoms with van der Waals surface area (Å²) in [4.78, 5) is 12.0. The van der Waals surface area contributed by atoms with Gasteiger partial charge in [0.2, 0.25) is 10.0 Å². The van der Waals surface area contributed by atoms with Crippen molar-refractivity contribution in [2.45, 2.75) is 11.4 Å². The third-order valence-corrected chi connectivity index (χ3v) is 5.84. The first-order chi connectivity index (χ1) is 9.95. The van der Waals surface area contributed by atoms with Gasteiger partial charge in [0.15, 0.2) is 0 Å². The Labute approximate surface area is 128 Å². The molecule has 0 bridgehead atoms.